The van der Waals surface area contributed by atoms with Crippen molar-refractivity contribution in [3.8, 4) is 28.9 Å². The second kappa shape index (κ2) is 9.47. The molecule has 0 aliphatic heterocycles. The molecule has 0 fully saturated rings. The molecule has 6 nitrogen and oxygen atoms in total. The smallest absolute Gasteiger partial charge is 0.348 e. The van der Waals surface area contributed by atoms with E-state index in [-0.39, 0.29) is 40.0 Å². The Bertz CT molecular complexity index is 1330. The minimum atomic E-state index is -0.727. The summed E-state index contributed by atoms with van der Waals surface area (Å²) in [6.07, 6.45) is 0. The van der Waals surface area contributed by atoms with Crippen molar-refractivity contribution in [2.45, 2.75) is 48.1 Å². The number of nitrogens with zero attached hydrogens (tertiary/aromatic N) is 2. The van der Waals surface area contributed by atoms with Gasteiger partial charge in [0.25, 0.3) is 0 Å². The number of aromatic amines is 1. The second-order valence-corrected chi connectivity index (χ2v) is 10.5. The van der Waals surface area contributed by atoms with E-state index in [9.17, 15) is 9.59 Å². The fourth-order valence-corrected chi connectivity index (χ4v) is 3.16. The second-order valence-electron chi connectivity index (χ2n) is 10.1. The molecule has 2 N–H and O–H groups in total. The topological polar surface area (TPSA) is 79.8 Å². The molecule has 0 atom stereocenters. The standard InChI is InChI=1S/C26H28ClFN4O2/c1-25(2,3)14-13-16-7-9-17(10-8-16)22-30-24(34)32(31-22)21-19(27)12-11-18(20(21)28)15-29-23(33)26(4,5)6/h7-12H,15H2,1-6H3,(H,29,33)(H,30,31,34). The van der Waals surface area contributed by atoms with Crippen LogP contribution in [0.1, 0.15) is 52.7 Å². The summed E-state index contributed by atoms with van der Waals surface area (Å²) in [6, 6.07) is 10.2. The van der Waals surface area contributed by atoms with Gasteiger partial charge in [0.15, 0.2) is 11.6 Å². The van der Waals surface area contributed by atoms with Gasteiger partial charge in [0.05, 0.1) is 5.02 Å². The predicted molar refractivity (Wildman–Crippen MR) is 132 cm³/mol. The fraction of sp³-hybridized carbons (Fsp3) is 0.346. The molecular weight excluding hydrogens is 455 g/mol. The van der Waals surface area contributed by atoms with E-state index < -0.39 is 16.9 Å². The molecule has 8 heteroatoms. The molecule has 1 aromatic heterocycles. The third-order valence-electron chi connectivity index (χ3n) is 4.84. The number of carbonyl (C=O) groups is 1. The number of benzene rings is 2. The molecule has 2 aromatic carbocycles. The van der Waals surface area contributed by atoms with Gasteiger partial charge >= 0.3 is 5.69 Å². The Morgan fingerprint density at radius 1 is 1.12 bits per heavy atom. The maximum atomic E-state index is 15.3. The van der Waals surface area contributed by atoms with Crippen LogP contribution in [0.25, 0.3) is 17.1 Å². The maximum absolute atomic E-state index is 15.3. The SMILES string of the molecule is CC(C)(C)C#Cc1ccc(-c2nn(-c3c(Cl)ccc(CNC(=O)C(C)(C)C)c3F)c(=O)[nH]2)cc1. The van der Waals surface area contributed by atoms with Gasteiger partial charge in [-0.3, -0.25) is 9.78 Å². The van der Waals surface area contributed by atoms with Gasteiger partial charge in [-0.2, -0.15) is 4.68 Å². The highest BCUT2D eigenvalue weighted by Crippen LogP contribution is 2.26. The lowest BCUT2D eigenvalue weighted by Crippen LogP contribution is -2.34. The van der Waals surface area contributed by atoms with Crippen LogP contribution in [-0.4, -0.2) is 20.7 Å². The van der Waals surface area contributed by atoms with Crippen molar-refractivity contribution in [3.63, 3.8) is 0 Å². The third-order valence-corrected chi connectivity index (χ3v) is 5.14. The summed E-state index contributed by atoms with van der Waals surface area (Å²) >= 11 is 6.23. The van der Waals surface area contributed by atoms with Crippen LogP contribution >= 0.6 is 11.6 Å². The monoisotopic (exact) mass is 482 g/mol. The van der Waals surface area contributed by atoms with Crippen molar-refractivity contribution in [3.05, 3.63) is 68.8 Å². The highest BCUT2D eigenvalue weighted by molar-refractivity contribution is 6.32. The normalized spacial score (nSPS) is 11.6. The molecule has 178 valence electrons. The highest BCUT2D eigenvalue weighted by Gasteiger charge is 2.23. The third kappa shape index (κ3) is 5.95. The number of hydrogen-bond donors (Lipinski definition) is 2. The average molecular weight is 483 g/mol. The van der Waals surface area contributed by atoms with Gasteiger partial charge in [-0.05, 0) is 51.1 Å². The molecule has 0 unspecified atom stereocenters. The minimum Gasteiger partial charge on any atom is -0.351 e. The van der Waals surface area contributed by atoms with Gasteiger partial charge in [-0.25, -0.2) is 9.18 Å². The number of hydrogen-bond acceptors (Lipinski definition) is 3. The van der Waals surface area contributed by atoms with Crippen molar-refractivity contribution in [2.75, 3.05) is 0 Å². The van der Waals surface area contributed by atoms with E-state index in [1.165, 1.54) is 12.1 Å². The van der Waals surface area contributed by atoms with Crippen LogP contribution in [0.4, 0.5) is 4.39 Å². The van der Waals surface area contributed by atoms with Crippen LogP contribution in [0, 0.1) is 28.5 Å². The van der Waals surface area contributed by atoms with Crippen LogP contribution in [0.2, 0.25) is 5.02 Å². The Kier molecular flexibility index (Phi) is 7.04. The first kappa shape index (κ1) is 25.3. The lowest BCUT2D eigenvalue weighted by atomic mass is 9.95. The largest absolute Gasteiger partial charge is 0.351 e. The van der Waals surface area contributed by atoms with Crippen molar-refractivity contribution in [2.24, 2.45) is 10.8 Å². The van der Waals surface area contributed by atoms with Crippen molar-refractivity contribution in [1.29, 1.82) is 0 Å². The van der Waals surface area contributed by atoms with E-state index in [1.54, 1.807) is 32.9 Å². The predicted octanol–water partition coefficient (Wildman–Crippen LogP) is 5.08. The van der Waals surface area contributed by atoms with Crippen LogP contribution in [0.15, 0.2) is 41.2 Å². The Morgan fingerprint density at radius 3 is 2.35 bits per heavy atom. The molecule has 0 radical (unpaired) electrons. The van der Waals surface area contributed by atoms with E-state index in [2.05, 4.69) is 27.2 Å². The zero-order valence-corrected chi connectivity index (χ0v) is 20.9. The number of H-pyrrole nitrogens is 1. The number of nitrogens with one attached hydrogen (secondary N) is 2. The summed E-state index contributed by atoms with van der Waals surface area (Å²) < 4.78 is 16.2. The number of halogens is 2. The van der Waals surface area contributed by atoms with Gasteiger partial charge in [-0.15, -0.1) is 5.10 Å². The Morgan fingerprint density at radius 2 is 1.76 bits per heavy atom. The zero-order chi connectivity index (χ0) is 25.3. The summed E-state index contributed by atoms with van der Waals surface area (Å²) in [7, 11) is 0. The van der Waals surface area contributed by atoms with E-state index in [0.717, 1.165) is 10.2 Å². The van der Waals surface area contributed by atoms with E-state index in [4.69, 9.17) is 11.6 Å². The molecule has 0 saturated carbocycles. The van der Waals surface area contributed by atoms with Crippen LogP contribution in [-0.2, 0) is 11.3 Å². The minimum absolute atomic E-state index is 0.0244. The van der Waals surface area contributed by atoms with Gasteiger partial charge in [0.2, 0.25) is 5.91 Å². The Labute approximate surface area is 203 Å². The Balaban J connectivity index is 1.92. The van der Waals surface area contributed by atoms with Gasteiger partial charge in [0.1, 0.15) is 5.69 Å². The Hall–Kier alpha value is -3.37. The molecule has 3 aromatic rings. The van der Waals surface area contributed by atoms with Gasteiger partial charge < -0.3 is 5.32 Å². The molecule has 0 spiro atoms. The van der Waals surface area contributed by atoms with Gasteiger partial charge in [-0.1, -0.05) is 50.3 Å². The number of rotatable bonds is 4. The summed E-state index contributed by atoms with van der Waals surface area (Å²) in [4.78, 5) is 27.4. The summed E-state index contributed by atoms with van der Waals surface area (Å²) in [5.74, 6) is 5.59. The molecule has 34 heavy (non-hydrogen) atoms. The fourth-order valence-electron chi connectivity index (χ4n) is 2.93. The first-order chi connectivity index (χ1) is 15.8. The van der Waals surface area contributed by atoms with E-state index in [0.29, 0.717) is 5.56 Å². The number of amides is 1. The molecule has 1 heterocycles. The molecule has 0 aliphatic carbocycles. The maximum Gasteiger partial charge on any atom is 0.348 e. The highest BCUT2D eigenvalue weighted by atomic mass is 35.5. The van der Waals surface area contributed by atoms with Crippen molar-refractivity contribution < 1.29 is 9.18 Å². The zero-order valence-electron chi connectivity index (χ0n) is 20.1. The van der Waals surface area contributed by atoms with Gasteiger partial charge in [0, 0.05) is 34.1 Å². The molecule has 3 rings (SSSR count). The van der Waals surface area contributed by atoms with Crippen molar-refractivity contribution in [1.82, 2.24) is 20.1 Å². The van der Waals surface area contributed by atoms with Crippen molar-refractivity contribution >= 4 is 17.5 Å². The molecule has 0 saturated heterocycles. The summed E-state index contributed by atoms with van der Waals surface area (Å²) in [6.45, 7) is 11.3. The van der Waals surface area contributed by atoms with Crippen LogP contribution in [0.5, 0.6) is 0 Å². The number of aromatic nitrogens is 3. The summed E-state index contributed by atoms with van der Waals surface area (Å²) in [5, 5.41) is 6.99. The molecule has 0 bridgehead atoms. The quantitative estimate of drug-likeness (QED) is 0.509. The first-order valence-electron chi connectivity index (χ1n) is 10.8. The average Bonchev–Trinajstić information content (AvgIpc) is 3.12. The lowest BCUT2D eigenvalue weighted by molar-refractivity contribution is -0.128. The van der Waals surface area contributed by atoms with E-state index in [1.807, 2.05) is 32.9 Å². The number of carbonyl (C=O) groups excluding carboxylic acids is 1. The molecule has 0 aliphatic rings. The van der Waals surface area contributed by atoms with E-state index >= 15 is 4.39 Å². The molecular formula is C26H28ClFN4O2. The molecule has 1 amide bonds. The lowest BCUT2D eigenvalue weighted by Gasteiger charge is -2.18. The van der Waals surface area contributed by atoms with Crippen LogP contribution in [0.3, 0.4) is 0 Å². The van der Waals surface area contributed by atoms with Crippen LogP contribution < -0.4 is 11.0 Å². The first-order valence-corrected chi connectivity index (χ1v) is 11.2. The summed E-state index contributed by atoms with van der Waals surface area (Å²) in [5.41, 5.74) is 0.119.